The number of amides is 1. The molecular formula is C20H20FNO5S. The Bertz CT molecular complexity index is 976. The van der Waals surface area contributed by atoms with Gasteiger partial charge in [-0.25, -0.2) is 12.8 Å². The molecular weight excluding hydrogens is 385 g/mol. The molecule has 8 heteroatoms. The van der Waals surface area contributed by atoms with E-state index in [1.54, 1.807) is 30.3 Å². The average molecular weight is 405 g/mol. The highest BCUT2D eigenvalue weighted by Gasteiger charge is 2.39. The van der Waals surface area contributed by atoms with Crippen LogP contribution in [0.3, 0.4) is 0 Å². The molecule has 0 radical (unpaired) electrons. The van der Waals surface area contributed by atoms with Gasteiger partial charge in [0.2, 0.25) is 6.10 Å². The zero-order chi connectivity index (χ0) is 19.7. The lowest BCUT2D eigenvalue weighted by molar-refractivity contribution is -0.143. The van der Waals surface area contributed by atoms with E-state index in [4.69, 9.17) is 9.47 Å². The molecule has 4 rings (SSSR count). The molecule has 2 atom stereocenters. The number of carbonyl (C=O) groups is 1. The Morgan fingerprint density at radius 3 is 2.50 bits per heavy atom. The van der Waals surface area contributed by atoms with E-state index < -0.39 is 22.0 Å². The molecule has 0 aliphatic carbocycles. The highest BCUT2D eigenvalue weighted by Crippen LogP contribution is 2.32. The molecule has 0 bridgehead atoms. The van der Waals surface area contributed by atoms with Crippen molar-refractivity contribution in [3.63, 3.8) is 0 Å². The Hall–Kier alpha value is -2.61. The number of sulfone groups is 1. The number of para-hydroxylation sites is 2. The van der Waals surface area contributed by atoms with E-state index in [2.05, 4.69) is 0 Å². The Morgan fingerprint density at radius 1 is 1.11 bits per heavy atom. The molecule has 1 fully saturated rings. The maximum atomic E-state index is 13.2. The summed E-state index contributed by atoms with van der Waals surface area (Å²) in [6.07, 6.45) is -0.488. The number of fused-ring (bicyclic) bond motifs is 1. The summed E-state index contributed by atoms with van der Waals surface area (Å²) >= 11 is 0. The molecule has 6 nitrogen and oxygen atoms in total. The second-order valence-electron chi connectivity index (χ2n) is 7.01. The Morgan fingerprint density at radius 2 is 1.82 bits per heavy atom. The minimum atomic E-state index is -3.18. The van der Waals surface area contributed by atoms with Gasteiger partial charge in [-0.15, -0.1) is 0 Å². The summed E-state index contributed by atoms with van der Waals surface area (Å²) in [6.45, 7) is 0.232. The first-order valence-electron chi connectivity index (χ1n) is 9.05. The number of carbonyl (C=O) groups excluding carboxylic acids is 1. The highest BCUT2D eigenvalue weighted by molar-refractivity contribution is 7.91. The number of nitrogens with zero attached hydrogens (tertiary/aromatic N) is 1. The predicted octanol–water partition coefficient (Wildman–Crippen LogP) is 2.18. The Balaban J connectivity index is 1.57. The standard InChI is InChI=1S/C20H20FNO5S/c21-15-7-5-14(6-8-15)11-22(16-9-10-28(24,25)13-16)20(23)19-12-26-17-3-1-2-4-18(17)27-19/h1-8,16,19H,9-13H2/t16-,19-/m1/s1. The molecule has 0 aromatic heterocycles. The summed E-state index contributed by atoms with van der Waals surface area (Å²) in [6, 6.07) is 12.5. The normalized spacial score (nSPS) is 22.6. The zero-order valence-electron chi connectivity index (χ0n) is 15.1. The SMILES string of the molecule is O=C([C@H]1COc2ccccc2O1)N(Cc1ccc(F)cc1)[C@@H]1CCS(=O)(=O)C1. The molecule has 0 N–H and O–H groups in total. The average Bonchev–Trinajstić information content (AvgIpc) is 3.06. The lowest BCUT2D eigenvalue weighted by Crippen LogP contribution is -2.50. The quantitative estimate of drug-likeness (QED) is 0.780. The first-order chi connectivity index (χ1) is 13.4. The third kappa shape index (κ3) is 3.96. The number of benzene rings is 2. The summed E-state index contributed by atoms with van der Waals surface area (Å²) < 4.78 is 48.6. The van der Waals surface area contributed by atoms with Crippen LogP contribution < -0.4 is 9.47 Å². The number of ether oxygens (including phenoxy) is 2. The van der Waals surface area contributed by atoms with Gasteiger partial charge < -0.3 is 14.4 Å². The van der Waals surface area contributed by atoms with Crippen LogP contribution in [0.5, 0.6) is 11.5 Å². The molecule has 2 aliphatic rings. The van der Waals surface area contributed by atoms with Gasteiger partial charge in [0.05, 0.1) is 11.5 Å². The van der Waals surface area contributed by atoms with Crippen LogP contribution in [-0.2, 0) is 21.2 Å². The number of hydrogen-bond donors (Lipinski definition) is 0. The summed E-state index contributed by atoms with van der Waals surface area (Å²) in [5, 5.41) is 0. The van der Waals surface area contributed by atoms with Crippen LogP contribution in [0.1, 0.15) is 12.0 Å². The predicted molar refractivity (Wildman–Crippen MR) is 100 cm³/mol. The fraction of sp³-hybridized carbons (Fsp3) is 0.350. The second kappa shape index (κ2) is 7.43. The summed E-state index contributed by atoms with van der Waals surface area (Å²) in [5.74, 6) is 0.319. The first-order valence-corrected chi connectivity index (χ1v) is 10.9. The van der Waals surface area contributed by atoms with Crippen molar-refractivity contribution < 1.29 is 27.1 Å². The van der Waals surface area contributed by atoms with E-state index in [0.29, 0.717) is 17.9 Å². The van der Waals surface area contributed by atoms with Crippen LogP contribution >= 0.6 is 0 Å². The van der Waals surface area contributed by atoms with Crippen LogP contribution in [0.2, 0.25) is 0 Å². The summed E-state index contributed by atoms with van der Waals surface area (Å²) in [5.41, 5.74) is 0.719. The smallest absolute Gasteiger partial charge is 0.267 e. The fourth-order valence-corrected chi connectivity index (χ4v) is 5.25. The monoisotopic (exact) mass is 405 g/mol. The van der Waals surface area contributed by atoms with Gasteiger partial charge in [-0.3, -0.25) is 4.79 Å². The Labute approximate surface area is 162 Å². The molecule has 28 heavy (non-hydrogen) atoms. The molecule has 1 amide bonds. The molecule has 1 saturated heterocycles. The Kier molecular flexibility index (Phi) is 4.97. The van der Waals surface area contributed by atoms with E-state index >= 15 is 0 Å². The number of halogens is 1. The van der Waals surface area contributed by atoms with Gasteiger partial charge in [0.15, 0.2) is 21.3 Å². The van der Waals surface area contributed by atoms with Crippen LogP contribution in [-0.4, -0.2) is 49.5 Å². The van der Waals surface area contributed by atoms with Crippen LogP contribution in [0, 0.1) is 5.82 Å². The molecule has 2 aliphatic heterocycles. The zero-order valence-corrected chi connectivity index (χ0v) is 15.9. The van der Waals surface area contributed by atoms with Gasteiger partial charge in [-0.1, -0.05) is 24.3 Å². The lowest BCUT2D eigenvalue weighted by Gasteiger charge is -2.34. The van der Waals surface area contributed by atoms with Crippen LogP contribution in [0.15, 0.2) is 48.5 Å². The summed E-state index contributed by atoms with van der Waals surface area (Å²) in [4.78, 5) is 14.8. The van der Waals surface area contributed by atoms with Crippen molar-refractivity contribution in [1.29, 1.82) is 0 Å². The fourth-order valence-electron chi connectivity index (χ4n) is 3.52. The van der Waals surface area contributed by atoms with Gasteiger partial charge in [0.1, 0.15) is 12.4 Å². The van der Waals surface area contributed by atoms with Crippen molar-refractivity contribution in [1.82, 2.24) is 4.90 Å². The van der Waals surface area contributed by atoms with Crippen molar-refractivity contribution in [3.8, 4) is 11.5 Å². The highest BCUT2D eigenvalue weighted by atomic mass is 32.2. The van der Waals surface area contributed by atoms with Crippen LogP contribution in [0.25, 0.3) is 0 Å². The molecule has 2 aromatic carbocycles. The summed E-state index contributed by atoms with van der Waals surface area (Å²) in [7, 11) is -3.18. The van der Waals surface area contributed by atoms with E-state index in [-0.39, 0.29) is 36.4 Å². The van der Waals surface area contributed by atoms with Crippen molar-refractivity contribution in [2.75, 3.05) is 18.1 Å². The van der Waals surface area contributed by atoms with Gasteiger partial charge in [-0.05, 0) is 36.2 Å². The van der Waals surface area contributed by atoms with Crippen molar-refractivity contribution in [3.05, 3.63) is 59.9 Å². The molecule has 2 aromatic rings. The van der Waals surface area contributed by atoms with Gasteiger partial charge in [-0.2, -0.15) is 0 Å². The third-order valence-corrected chi connectivity index (χ3v) is 6.73. The molecule has 0 saturated carbocycles. The van der Waals surface area contributed by atoms with Gasteiger partial charge >= 0.3 is 0 Å². The van der Waals surface area contributed by atoms with Gasteiger partial charge in [0.25, 0.3) is 5.91 Å². The number of hydrogen-bond acceptors (Lipinski definition) is 5. The largest absolute Gasteiger partial charge is 0.485 e. The van der Waals surface area contributed by atoms with Crippen molar-refractivity contribution in [2.45, 2.75) is 25.1 Å². The lowest BCUT2D eigenvalue weighted by atomic mass is 10.1. The van der Waals surface area contributed by atoms with E-state index in [1.807, 2.05) is 6.07 Å². The topological polar surface area (TPSA) is 72.9 Å². The third-order valence-electron chi connectivity index (χ3n) is 4.98. The van der Waals surface area contributed by atoms with E-state index in [1.165, 1.54) is 17.0 Å². The minimum Gasteiger partial charge on any atom is -0.485 e. The van der Waals surface area contributed by atoms with Crippen molar-refractivity contribution in [2.24, 2.45) is 0 Å². The molecule has 0 unspecified atom stereocenters. The second-order valence-corrected chi connectivity index (χ2v) is 9.24. The molecule has 2 heterocycles. The van der Waals surface area contributed by atoms with Crippen molar-refractivity contribution >= 4 is 15.7 Å². The number of rotatable bonds is 4. The van der Waals surface area contributed by atoms with Crippen LogP contribution in [0.4, 0.5) is 4.39 Å². The maximum Gasteiger partial charge on any atom is 0.267 e. The van der Waals surface area contributed by atoms with E-state index in [9.17, 15) is 17.6 Å². The van der Waals surface area contributed by atoms with E-state index in [0.717, 1.165) is 5.56 Å². The first kappa shape index (κ1) is 18.7. The minimum absolute atomic E-state index is 0.0508. The molecule has 148 valence electrons. The maximum absolute atomic E-state index is 13.2. The molecule has 0 spiro atoms. The van der Waals surface area contributed by atoms with Gasteiger partial charge in [0, 0.05) is 12.6 Å².